The summed E-state index contributed by atoms with van der Waals surface area (Å²) in [5.41, 5.74) is -0.208. The Morgan fingerprint density at radius 2 is 1.90 bits per heavy atom. The average Bonchev–Trinajstić information content (AvgIpc) is 2.76. The number of benzene rings is 1. The minimum absolute atomic E-state index is 0.158. The molecule has 0 fully saturated rings. The Hall–Kier alpha value is -2.51. The molecule has 0 saturated carbocycles. The van der Waals surface area contributed by atoms with Crippen molar-refractivity contribution in [3.63, 3.8) is 0 Å². The van der Waals surface area contributed by atoms with E-state index in [1.807, 2.05) is 0 Å². The molecule has 0 atom stereocenters. The molecule has 0 spiro atoms. The summed E-state index contributed by atoms with van der Waals surface area (Å²) in [5, 5.41) is 1.80. The van der Waals surface area contributed by atoms with Crippen molar-refractivity contribution in [2.24, 2.45) is 0 Å². The fourth-order valence-electron chi connectivity index (χ4n) is 1.59. The van der Waals surface area contributed by atoms with E-state index in [0.29, 0.717) is 0 Å². The fourth-order valence-corrected chi connectivity index (χ4v) is 1.59. The first kappa shape index (κ1) is 13.9. The molecule has 20 heavy (non-hydrogen) atoms. The Morgan fingerprint density at radius 3 is 2.50 bits per heavy atom. The molecule has 8 heteroatoms. The van der Waals surface area contributed by atoms with E-state index < -0.39 is 23.8 Å². The highest BCUT2D eigenvalue weighted by Crippen LogP contribution is 2.32. The van der Waals surface area contributed by atoms with Crippen LogP contribution in [0.25, 0.3) is 11.0 Å². The maximum absolute atomic E-state index is 12.3. The molecule has 1 heterocycles. The van der Waals surface area contributed by atoms with Crippen molar-refractivity contribution >= 4 is 28.5 Å². The number of carbonyl (C=O) groups is 2. The van der Waals surface area contributed by atoms with Gasteiger partial charge in [-0.25, -0.2) is 4.79 Å². The van der Waals surface area contributed by atoms with Crippen molar-refractivity contribution in [2.75, 3.05) is 12.4 Å². The van der Waals surface area contributed by atoms with Gasteiger partial charge in [0.1, 0.15) is 11.3 Å². The molecule has 2 rings (SSSR count). The zero-order chi connectivity index (χ0) is 14.9. The Balaban J connectivity index is 2.54. The number of ether oxygens (including phenoxy) is 1. The predicted octanol–water partition coefficient (Wildman–Crippen LogP) is 2.72. The first-order chi connectivity index (χ1) is 9.34. The topological polar surface area (TPSA) is 68.5 Å². The van der Waals surface area contributed by atoms with Gasteiger partial charge in [-0.2, -0.15) is 13.2 Å². The van der Waals surface area contributed by atoms with Crippen LogP contribution >= 0.6 is 0 Å². The van der Waals surface area contributed by atoms with Crippen molar-refractivity contribution < 1.29 is 31.9 Å². The Labute approximate surface area is 110 Å². The van der Waals surface area contributed by atoms with E-state index in [2.05, 4.69) is 4.74 Å². The smallest absolute Gasteiger partial charge is 0.463 e. The van der Waals surface area contributed by atoms with E-state index in [9.17, 15) is 22.8 Å². The number of nitrogens with one attached hydrogen (secondary N) is 1. The van der Waals surface area contributed by atoms with E-state index in [1.165, 1.54) is 18.2 Å². The van der Waals surface area contributed by atoms with Crippen LogP contribution in [0.4, 0.5) is 18.9 Å². The van der Waals surface area contributed by atoms with Gasteiger partial charge in [0.25, 0.3) is 0 Å². The lowest BCUT2D eigenvalue weighted by atomic mass is 10.2. The van der Waals surface area contributed by atoms with Gasteiger partial charge < -0.3 is 14.5 Å². The third-order valence-electron chi connectivity index (χ3n) is 2.46. The van der Waals surface area contributed by atoms with Crippen molar-refractivity contribution in [3.05, 3.63) is 30.0 Å². The molecule has 1 amide bonds. The number of fused-ring (bicyclic) bond motifs is 1. The molecule has 0 bridgehead atoms. The summed E-state index contributed by atoms with van der Waals surface area (Å²) in [7, 11) is 1.05. The number of alkyl halides is 3. The van der Waals surface area contributed by atoms with Crippen molar-refractivity contribution in [3.8, 4) is 0 Å². The summed E-state index contributed by atoms with van der Waals surface area (Å²) in [6.07, 6.45) is -5.08. The highest BCUT2D eigenvalue weighted by Gasteiger charge is 2.40. The molecule has 2 aromatic rings. The first-order valence-electron chi connectivity index (χ1n) is 5.32. The normalized spacial score (nSPS) is 11.4. The Morgan fingerprint density at radius 1 is 1.25 bits per heavy atom. The maximum atomic E-state index is 12.3. The van der Waals surface area contributed by atoms with Crippen LogP contribution in [0.15, 0.2) is 28.7 Å². The molecule has 0 saturated heterocycles. The van der Waals surface area contributed by atoms with Crippen LogP contribution in [0.1, 0.15) is 10.6 Å². The van der Waals surface area contributed by atoms with Crippen molar-refractivity contribution in [1.29, 1.82) is 0 Å². The molecule has 0 unspecified atom stereocenters. The highest BCUT2D eigenvalue weighted by molar-refractivity contribution is 6.10. The zero-order valence-electron chi connectivity index (χ0n) is 10.1. The third-order valence-corrected chi connectivity index (χ3v) is 2.46. The molecule has 0 aliphatic rings. The van der Waals surface area contributed by atoms with Crippen molar-refractivity contribution in [2.45, 2.75) is 6.18 Å². The van der Waals surface area contributed by atoms with Gasteiger partial charge in [-0.1, -0.05) is 12.1 Å². The van der Waals surface area contributed by atoms with E-state index >= 15 is 0 Å². The summed E-state index contributed by atoms with van der Waals surface area (Å²) in [5.74, 6) is -3.68. The van der Waals surface area contributed by atoms with Gasteiger partial charge in [-0.05, 0) is 12.1 Å². The van der Waals surface area contributed by atoms with Crippen LogP contribution in [0, 0.1) is 0 Å². The maximum Gasteiger partial charge on any atom is 0.471 e. The minimum atomic E-state index is -5.08. The van der Waals surface area contributed by atoms with Gasteiger partial charge in [0.15, 0.2) is 0 Å². The second kappa shape index (κ2) is 4.87. The number of para-hydroxylation sites is 1. The number of hydrogen-bond acceptors (Lipinski definition) is 4. The van der Waals surface area contributed by atoms with Crippen LogP contribution < -0.4 is 5.32 Å². The predicted molar refractivity (Wildman–Crippen MR) is 62.2 cm³/mol. The molecule has 0 aliphatic heterocycles. The minimum Gasteiger partial charge on any atom is -0.463 e. The van der Waals surface area contributed by atoms with Crippen LogP contribution in [0.5, 0.6) is 0 Å². The highest BCUT2D eigenvalue weighted by atomic mass is 19.4. The quantitative estimate of drug-likeness (QED) is 0.862. The van der Waals surface area contributed by atoms with Crippen LogP contribution in [0.3, 0.4) is 0 Å². The number of rotatable bonds is 2. The van der Waals surface area contributed by atoms with Crippen LogP contribution in [-0.4, -0.2) is 25.2 Å². The zero-order valence-corrected chi connectivity index (χ0v) is 10.1. The lowest BCUT2D eigenvalue weighted by molar-refractivity contribution is -0.167. The number of carbonyl (C=O) groups excluding carboxylic acids is 2. The van der Waals surface area contributed by atoms with Gasteiger partial charge >= 0.3 is 18.1 Å². The summed E-state index contributed by atoms with van der Waals surface area (Å²) < 4.78 is 46.4. The second-order valence-electron chi connectivity index (χ2n) is 3.75. The Bertz CT molecular complexity index is 675. The molecule has 0 aliphatic carbocycles. The van der Waals surface area contributed by atoms with Crippen LogP contribution in [0.2, 0.25) is 0 Å². The van der Waals surface area contributed by atoms with E-state index in [4.69, 9.17) is 4.42 Å². The van der Waals surface area contributed by atoms with Gasteiger partial charge in [-0.3, -0.25) is 4.79 Å². The number of furan rings is 1. The van der Waals surface area contributed by atoms with Gasteiger partial charge in [0, 0.05) is 5.39 Å². The molecule has 1 N–H and O–H groups in total. The fraction of sp³-hybridized carbons (Fsp3) is 0.167. The van der Waals surface area contributed by atoms with Crippen LogP contribution in [-0.2, 0) is 9.53 Å². The molecule has 5 nitrogen and oxygen atoms in total. The monoisotopic (exact) mass is 287 g/mol. The summed E-state index contributed by atoms with van der Waals surface area (Å²) >= 11 is 0. The Kier molecular flexibility index (Phi) is 3.39. The van der Waals surface area contributed by atoms with E-state index in [0.717, 1.165) is 7.11 Å². The summed E-state index contributed by atoms with van der Waals surface area (Å²) in [6, 6.07) is 5.96. The number of halogens is 3. The molecular weight excluding hydrogens is 279 g/mol. The molecule has 1 aromatic carbocycles. The van der Waals surface area contributed by atoms with Gasteiger partial charge in [0.2, 0.25) is 5.76 Å². The molecular formula is C12H8F3NO4. The molecule has 1 aromatic heterocycles. The largest absolute Gasteiger partial charge is 0.471 e. The number of anilines is 1. The number of amides is 1. The molecule has 0 radical (unpaired) electrons. The van der Waals surface area contributed by atoms with E-state index in [1.54, 1.807) is 11.4 Å². The van der Waals surface area contributed by atoms with Crippen molar-refractivity contribution in [1.82, 2.24) is 0 Å². The number of methoxy groups -OCH3 is 1. The first-order valence-corrected chi connectivity index (χ1v) is 5.32. The lowest BCUT2D eigenvalue weighted by Crippen LogP contribution is -2.30. The third kappa shape index (κ3) is 2.44. The van der Waals surface area contributed by atoms with E-state index in [-0.39, 0.29) is 16.7 Å². The van der Waals surface area contributed by atoms with Gasteiger partial charge in [-0.15, -0.1) is 0 Å². The lowest BCUT2D eigenvalue weighted by Gasteiger charge is -2.07. The second-order valence-corrected chi connectivity index (χ2v) is 3.75. The SMILES string of the molecule is COC(=O)c1oc2ccccc2c1NC(=O)C(F)(F)F. The average molecular weight is 287 g/mol. The number of hydrogen-bond donors (Lipinski definition) is 1. The standard InChI is InChI=1S/C12H8F3NO4/c1-19-10(17)9-8(16-11(18)12(13,14)15)6-4-2-3-5-7(6)20-9/h2-5H,1H3,(H,16,18). The summed E-state index contributed by atoms with van der Waals surface area (Å²) in [6.45, 7) is 0. The summed E-state index contributed by atoms with van der Waals surface area (Å²) in [4.78, 5) is 22.5. The van der Waals surface area contributed by atoms with Gasteiger partial charge in [0.05, 0.1) is 7.11 Å². The molecule has 106 valence electrons. The number of esters is 1.